The van der Waals surface area contributed by atoms with Gasteiger partial charge in [-0.1, -0.05) is 22.7 Å². The lowest BCUT2D eigenvalue weighted by Crippen LogP contribution is -2.62. The lowest BCUT2D eigenvalue weighted by Gasteiger charge is -2.49. The van der Waals surface area contributed by atoms with Gasteiger partial charge in [0, 0.05) is 12.1 Å². The van der Waals surface area contributed by atoms with E-state index in [0.29, 0.717) is 16.8 Å². The number of nitrogens with one attached hydrogen (secondary N) is 1. The molecule has 3 aliphatic heterocycles. The molecular formula is C16H19N3O2S2. The van der Waals surface area contributed by atoms with Crippen LogP contribution >= 0.6 is 22.7 Å². The molecule has 0 saturated carbocycles. The Balaban J connectivity index is 1.42. The molecule has 5 nitrogen and oxygen atoms in total. The maximum absolute atomic E-state index is 12.6. The van der Waals surface area contributed by atoms with Gasteiger partial charge < -0.3 is 10.1 Å². The zero-order chi connectivity index (χ0) is 15.8. The van der Waals surface area contributed by atoms with E-state index in [2.05, 4.69) is 22.1 Å². The van der Waals surface area contributed by atoms with E-state index < -0.39 is 0 Å². The van der Waals surface area contributed by atoms with E-state index in [1.807, 2.05) is 12.1 Å². The summed E-state index contributed by atoms with van der Waals surface area (Å²) in [6, 6.07) is 4.37. The first-order valence-corrected chi connectivity index (χ1v) is 9.61. The van der Waals surface area contributed by atoms with Crippen LogP contribution in [0.25, 0.3) is 0 Å². The molecule has 1 N–H and O–H groups in total. The van der Waals surface area contributed by atoms with Crippen molar-refractivity contribution in [3.8, 4) is 10.1 Å². The number of piperidine rings is 3. The summed E-state index contributed by atoms with van der Waals surface area (Å²) in [7, 11) is 0. The summed E-state index contributed by atoms with van der Waals surface area (Å²) in [5.74, 6) is 0.631. The van der Waals surface area contributed by atoms with Crippen molar-refractivity contribution in [3.05, 3.63) is 28.7 Å². The van der Waals surface area contributed by atoms with E-state index in [1.165, 1.54) is 48.6 Å². The summed E-state index contributed by atoms with van der Waals surface area (Å²) in [4.78, 5) is 19.7. The first-order chi connectivity index (χ1) is 11.2. The topological polar surface area (TPSA) is 54.5 Å². The fourth-order valence-corrected chi connectivity index (χ4v) is 4.93. The van der Waals surface area contributed by atoms with Crippen LogP contribution in [0.4, 0.5) is 0 Å². The first kappa shape index (κ1) is 15.1. The third-order valence-electron chi connectivity index (χ3n) is 4.89. The van der Waals surface area contributed by atoms with Gasteiger partial charge in [0.25, 0.3) is 5.91 Å². The highest BCUT2D eigenvalue weighted by Gasteiger charge is 2.40. The predicted octanol–water partition coefficient (Wildman–Crippen LogP) is 3.21. The Kier molecular flexibility index (Phi) is 4.09. The van der Waals surface area contributed by atoms with Crippen molar-refractivity contribution in [1.82, 2.24) is 15.2 Å². The summed E-state index contributed by atoms with van der Waals surface area (Å²) >= 11 is 2.82. The van der Waals surface area contributed by atoms with Crippen LogP contribution < -0.4 is 10.1 Å². The lowest BCUT2D eigenvalue weighted by molar-refractivity contribution is 0.0218. The average molecular weight is 349 g/mol. The van der Waals surface area contributed by atoms with Gasteiger partial charge in [-0.3, -0.25) is 9.69 Å². The molecule has 5 rings (SSSR count). The zero-order valence-corrected chi connectivity index (χ0v) is 14.5. The van der Waals surface area contributed by atoms with Crippen LogP contribution in [0.15, 0.2) is 23.8 Å². The molecule has 0 unspecified atom stereocenters. The monoisotopic (exact) mass is 349 g/mol. The van der Waals surface area contributed by atoms with Crippen molar-refractivity contribution >= 4 is 28.6 Å². The number of thiophene rings is 1. The Morgan fingerprint density at radius 2 is 2.17 bits per heavy atom. The second-order valence-electron chi connectivity index (χ2n) is 6.15. The number of ether oxygens (including phenoxy) is 1. The van der Waals surface area contributed by atoms with Crippen molar-refractivity contribution in [2.75, 3.05) is 13.1 Å². The standard InChI is InChI=1S/C16H19N3O2S2/c1-10-15(11-4-6-19(10)7-5-11)18-16(20)12-2-3-13(23-12)21-14-8-17-9-22-14/h2-3,8-11,15H,4-7H2,1H3,(H,18,20)/t10-,15-/m0/s1. The number of carbonyl (C=O) groups is 1. The molecule has 7 heteroatoms. The van der Waals surface area contributed by atoms with Gasteiger partial charge in [-0.2, -0.15) is 0 Å². The molecule has 5 heterocycles. The highest BCUT2D eigenvalue weighted by molar-refractivity contribution is 7.16. The maximum Gasteiger partial charge on any atom is 0.261 e. The van der Waals surface area contributed by atoms with Crippen molar-refractivity contribution < 1.29 is 9.53 Å². The van der Waals surface area contributed by atoms with Gasteiger partial charge in [0.05, 0.1) is 16.6 Å². The summed E-state index contributed by atoms with van der Waals surface area (Å²) in [6.45, 7) is 4.57. The first-order valence-electron chi connectivity index (χ1n) is 7.92. The third kappa shape index (κ3) is 3.00. The van der Waals surface area contributed by atoms with Gasteiger partial charge in [0.1, 0.15) is 0 Å². The zero-order valence-electron chi connectivity index (χ0n) is 12.9. The highest BCUT2D eigenvalue weighted by Crippen LogP contribution is 2.34. The van der Waals surface area contributed by atoms with Gasteiger partial charge in [-0.25, -0.2) is 4.98 Å². The summed E-state index contributed by atoms with van der Waals surface area (Å²) in [6.07, 6.45) is 4.07. The van der Waals surface area contributed by atoms with Gasteiger partial charge in [-0.15, -0.1) is 0 Å². The molecule has 122 valence electrons. The van der Waals surface area contributed by atoms with Crippen LogP contribution in [0.1, 0.15) is 29.4 Å². The molecule has 2 atom stereocenters. The van der Waals surface area contributed by atoms with Crippen LogP contribution in [0.5, 0.6) is 10.1 Å². The minimum atomic E-state index is 0.0137. The van der Waals surface area contributed by atoms with E-state index >= 15 is 0 Å². The summed E-state index contributed by atoms with van der Waals surface area (Å²) < 4.78 is 5.70. The molecule has 2 aromatic rings. The second kappa shape index (κ2) is 6.22. The number of aromatic nitrogens is 1. The second-order valence-corrected chi connectivity index (χ2v) is 8.05. The lowest BCUT2D eigenvalue weighted by atomic mass is 9.79. The number of fused-ring (bicyclic) bond motifs is 3. The van der Waals surface area contributed by atoms with E-state index in [1.54, 1.807) is 11.7 Å². The minimum absolute atomic E-state index is 0.0137. The number of hydrogen-bond acceptors (Lipinski definition) is 6. The molecule has 0 aromatic carbocycles. The predicted molar refractivity (Wildman–Crippen MR) is 91.5 cm³/mol. The Bertz CT molecular complexity index is 675. The quantitative estimate of drug-likeness (QED) is 0.921. The van der Waals surface area contributed by atoms with E-state index in [9.17, 15) is 4.79 Å². The van der Waals surface area contributed by atoms with Crippen LogP contribution in [0, 0.1) is 5.92 Å². The summed E-state index contributed by atoms with van der Waals surface area (Å²) in [5, 5.41) is 4.72. The molecule has 0 aliphatic carbocycles. The van der Waals surface area contributed by atoms with Crippen LogP contribution in [-0.4, -0.2) is 41.0 Å². The van der Waals surface area contributed by atoms with Gasteiger partial charge in [-0.05, 0) is 50.9 Å². The molecule has 0 radical (unpaired) electrons. The normalized spacial score (nSPS) is 29.4. The smallest absolute Gasteiger partial charge is 0.261 e. The fourth-order valence-electron chi connectivity index (χ4n) is 3.62. The number of nitrogens with zero attached hydrogens (tertiary/aromatic N) is 2. The largest absolute Gasteiger partial charge is 0.434 e. The Hall–Kier alpha value is -1.44. The SMILES string of the molecule is C[C@H]1[C@H](NC(=O)c2ccc(Oc3cncs3)s2)C2CCN1CC2. The highest BCUT2D eigenvalue weighted by atomic mass is 32.1. The molecule has 3 fully saturated rings. The molecule has 2 bridgehead atoms. The average Bonchev–Trinajstić information content (AvgIpc) is 3.23. The maximum atomic E-state index is 12.6. The number of carbonyl (C=O) groups excluding carboxylic acids is 1. The fraction of sp³-hybridized carbons (Fsp3) is 0.500. The van der Waals surface area contributed by atoms with Crippen molar-refractivity contribution in [2.45, 2.75) is 31.8 Å². The van der Waals surface area contributed by atoms with Gasteiger partial charge in [0.2, 0.25) is 5.06 Å². The molecule has 1 amide bonds. The van der Waals surface area contributed by atoms with Crippen molar-refractivity contribution in [2.24, 2.45) is 5.92 Å². The third-order valence-corrected chi connectivity index (χ3v) is 6.50. The molecular weight excluding hydrogens is 330 g/mol. The Morgan fingerprint density at radius 1 is 1.35 bits per heavy atom. The minimum Gasteiger partial charge on any atom is -0.434 e. The Morgan fingerprint density at radius 3 is 2.87 bits per heavy atom. The van der Waals surface area contributed by atoms with Crippen molar-refractivity contribution in [3.63, 3.8) is 0 Å². The summed E-state index contributed by atoms with van der Waals surface area (Å²) in [5.41, 5.74) is 1.73. The molecule has 2 aromatic heterocycles. The molecule has 3 saturated heterocycles. The number of rotatable bonds is 4. The van der Waals surface area contributed by atoms with E-state index in [4.69, 9.17) is 4.74 Å². The number of amides is 1. The van der Waals surface area contributed by atoms with E-state index in [0.717, 1.165) is 10.1 Å². The molecule has 3 aliphatic rings. The van der Waals surface area contributed by atoms with Gasteiger partial charge in [0.15, 0.2) is 5.06 Å². The van der Waals surface area contributed by atoms with Crippen LogP contribution in [0.2, 0.25) is 0 Å². The Labute approximate surface area is 143 Å². The molecule has 0 spiro atoms. The van der Waals surface area contributed by atoms with Crippen LogP contribution in [0.3, 0.4) is 0 Å². The number of thiazole rings is 1. The molecule has 23 heavy (non-hydrogen) atoms. The number of hydrogen-bond donors (Lipinski definition) is 1. The van der Waals surface area contributed by atoms with Crippen LogP contribution in [-0.2, 0) is 0 Å². The van der Waals surface area contributed by atoms with E-state index in [-0.39, 0.29) is 11.9 Å². The van der Waals surface area contributed by atoms with Gasteiger partial charge >= 0.3 is 0 Å². The van der Waals surface area contributed by atoms with Crippen molar-refractivity contribution in [1.29, 1.82) is 0 Å².